The van der Waals surface area contributed by atoms with Gasteiger partial charge in [-0.1, -0.05) is 6.07 Å². The molecule has 0 N–H and O–H groups in total. The number of esters is 1. The number of ether oxygens (including phenoxy) is 2. The number of ketones is 1. The number of carbonyl (C=O) groups is 3. The van der Waals surface area contributed by atoms with E-state index in [1.54, 1.807) is 24.3 Å². The van der Waals surface area contributed by atoms with Crippen LogP contribution in [0.5, 0.6) is 5.75 Å². The van der Waals surface area contributed by atoms with Gasteiger partial charge in [-0.2, -0.15) is 0 Å². The minimum Gasteiger partial charge on any atom is -0.497 e. The molecular weight excluding hydrogens is 274 g/mol. The van der Waals surface area contributed by atoms with E-state index < -0.39 is 11.9 Å². The van der Waals surface area contributed by atoms with E-state index >= 15 is 0 Å². The van der Waals surface area contributed by atoms with Gasteiger partial charge in [0.25, 0.3) is 5.91 Å². The first-order chi connectivity index (χ1) is 10.1. The number of rotatable bonds is 3. The maximum absolute atomic E-state index is 12.4. The van der Waals surface area contributed by atoms with Crippen molar-refractivity contribution in [3.63, 3.8) is 0 Å². The largest absolute Gasteiger partial charge is 0.497 e. The Morgan fingerprint density at radius 2 is 2.05 bits per heavy atom. The Labute approximate surface area is 122 Å². The third-order valence-electron chi connectivity index (χ3n) is 3.51. The molecule has 1 aliphatic rings. The second-order valence-corrected chi connectivity index (χ2v) is 4.78. The molecule has 112 valence electrons. The fraction of sp³-hybridized carbons (Fsp3) is 0.400. The summed E-state index contributed by atoms with van der Waals surface area (Å²) in [6.07, 6.45) is 0.162. The van der Waals surface area contributed by atoms with Gasteiger partial charge < -0.3 is 14.4 Å². The first-order valence-corrected chi connectivity index (χ1v) is 6.60. The van der Waals surface area contributed by atoms with Crippen molar-refractivity contribution in [3.8, 4) is 5.75 Å². The van der Waals surface area contributed by atoms with Crippen molar-refractivity contribution in [2.75, 3.05) is 27.3 Å². The summed E-state index contributed by atoms with van der Waals surface area (Å²) in [5.41, 5.74) is 0.465. The fourth-order valence-corrected chi connectivity index (χ4v) is 2.30. The lowest BCUT2D eigenvalue weighted by Gasteiger charge is -2.30. The van der Waals surface area contributed by atoms with Crippen molar-refractivity contribution in [2.45, 2.75) is 6.42 Å². The second-order valence-electron chi connectivity index (χ2n) is 4.78. The molecule has 0 spiro atoms. The van der Waals surface area contributed by atoms with E-state index in [0.717, 1.165) is 0 Å². The summed E-state index contributed by atoms with van der Waals surface area (Å²) in [6, 6.07) is 6.77. The molecule has 1 heterocycles. The van der Waals surface area contributed by atoms with Gasteiger partial charge >= 0.3 is 5.97 Å². The van der Waals surface area contributed by atoms with Crippen LogP contribution in [-0.4, -0.2) is 49.9 Å². The van der Waals surface area contributed by atoms with Gasteiger partial charge in [0.05, 0.1) is 14.2 Å². The molecule has 21 heavy (non-hydrogen) atoms. The van der Waals surface area contributed by atoms with E-state index in [4.69, 9.17) is 4.74 Å². The number of methoxy groups -OCH3 is 2. The van der Waals surface area contributed by atoms with Crippen LogP contribution in [-0.2, 0) is 14.3 Å². The quantitative estimate of drug-likeness (QED) is 0.611. The molecule has 6 nitrogen and oxygen atoms in total. The lowest BCUT2D eigenvalue weighted by Crippen LogP contribution is -2.47. The summed E-state index contributed by atoms with van der Waals surface area (Å²) >= 11 is 0. The van der Waals surface area contributed by atoms with E-state index in [1.165, 1.54) is 19.1 Å². The zero-order chi connectivity index (χ0) is 15.4. The van der Waals surface area contributed by atoms with Crippen molar-refractivity contribution in [1.29, 1.82) is 0 Å². The zero-order valence-electron chi connectivity index (χ0n) is 12.0. The average molecular weight is 291 g/mol. The lowest BCUT2D eigenvalue weighted by molar-refractivity contribution is -0.151. The van der Waals surface area contributed by atoms with Crippen LogP contribution in [0.1, 0.15) is 16.8 Å². The average Bonchev–Trinajstić information content (AvgIpc) is 2.54. The summed E-state index contributed by atoms with van der Waals surface area (Å²) in [7, 11) is 2.76. The van der Waals surface area contributed by atoms with Gasteiger partial charge in [0.2, 0.25) is 0 Å². The fourth-order valence-electron chi connectivity index (χ4n) is 2.30. The Morgan fingerprint density at radius 3 is 2.71 bits per heavy atom. The topological polar surface area (TPSA) is 72.9 Å². The summed E-state index contributed by atoms with van der Waals surface area (Å²) in [4.78, 5) is 37.3. The van der Waals surface area contributed by atoms with Gasteiger partial charge in [0.15, 0.2) is 5.78 Å². The number of nitrogens with zero attached hydrogens (tertiary/aromatic N) is 1. The highest BCUT2D eigenvalue weighted by molar-refractivity contribution is 6.02. The molecule has 1 aliphatic heterocycles. The standard InChI is InChI=1S/C15H17NO5/c1-20-11-5-3-4-10(8-11)14(18)16-7-6-13(17)12(9-16)15(19)21-2/h3-5,8,12H,6-7,9H2,1-2H3. The number of hydrogen-bond donors (Lipinski definition) is 0. The molecule has 1 fully saturated rings. The molecule has 1 aromatic rings. The van der Waals surface area contributed by atoms with E-state index in [2.05, 4.69) is 4.74 Å². The van der Waals surface area contributed by atoms with Gasteiger partial charge in [0.1, 0.15) is 11.7 Å². The summed E-state index contributed by atoms with van der Waals surface area (Å²) in [6.45, 7) is 0.365. The number of Topliss-reactive ketones (excluding diaryl/α,β-unsaturated/α-hetero) is 1. The van der Waals surface area contributed by atoms with Crippen molar-refractivity contribution in [2.24, 2.45) is 5.92 Å². The smallest absolute Gasteiger partial charge is 0.318 e. The molecule has 1 aromatic carbocycles. The van der Waals surface area contributed by atoms with Gasteiger partial charge in [-0.05, 0) is 18.2 Å². The maximum atomic E-state index is 12.4. The molecular formula is C15H17NO5. The van der Waals surface area contributed by atoms with Gasteiger partial charge in [-0.3, -0.25) is 14.4 Å². The predicted octanol–water partition coefficient (Wildman–Crippen LogP) is 0.899. The van der Waals surface area contributed by atoms with Crippen LogP contribution in [0.3, 0.4) is 0 Å². The number of benzene rings is 1. The van der Waals surface area contributed by atoms with Crippen molar-refractivity contribution >= 4 is 17.7 Å². The summed E-state index contributed by atoms with van der Waals surface area (Å²) < 4.78 is 9.70. The lowest BCUT2D eigenvalue weighted by atomic mass is 9.96. The summed E-state index contributed by atoms with van der Waals surface area (Å²) in [5.74, 6) is -1.31. The Hall–Kier alpha value is -2.37. The molecule has 0 radical (unpaired) electrons. The molecule has 6 heteroatoms. The number of likely N-dealkylation sites (tertiary alicyclic amines) is 1. The van der Waals surface area contributed by atoms with Crippen LogP contribution in [0.4, 0.5) is 0 Å². The number of piperidine rings is 1. The Morgan fingerprint density at radius 1 is 1.29 bits per heavy atom. The van der Waals surface area contributed by atoms with Crippen molar-refractivity contribution < 1.29 is 23.9 Å². The van der Waals surface area contributed by atoms with Crippen molar-refractivity contribution in [3.05, 3.63) is 29.8 Å². The van der Waals surface area contributed by atoms with Gasteiger partial charge in [-0.25, -0.2) is 0 Å². The number of amides is 1. The molecule has 1 unspecified atom stereocenters. The normalized spacial score (nSPS) is 18.3. The number of carbonyl (C=O) groups excluding carboxylic acids is 3. The molecule has 0 aliphatic carbocycles. The first-order valence-electron chi connectivity index (χ1n) is 6.60. The Balaban J connectivity index is 2.15. The third kappa shape index (κ3) is 3.21. The third-order valence-corrected chi connectivity index (χ3v) is 3.51. The minimum atomic E-state index is -0.890. The predicted molar refractivity (Wildman–Crippen MR) is 74.0 cm³/mol. The SMILES string of the molecule is COC(=O)C1CN(C(=O)c2cccc(OC)c2)CCC1=O. The molecule has 1 saturated heterocycles. The van der Waals surface area contributed by atoms with Crippen LogP contribution in [0.25, 0.3) is 0 Å². The Bertz CT molecular complexity index is 561. The highest BCUT2D eigenvalue weighted by Gasteiger charge is 2.35. The number of hydrogen-bond acceptors (Lipinski definition) is 5. The Kier molecular flexibility index (Phi) is 4.57. The van der Waals surface area contributed by atoms with E-state index in [-0.39, 0.29) is 24.7 Å². The van der Waals surface area contributed by atoms with Crippen LogP contribution < -0.4 is 4.74 Å². The van der Waals surface area contributed by atoms with Gasteiger partial charge in [-0.15, -0.1) is 0 Å². The summed E-state index contributed by atoms with van der Waals surface area (Å²) in [5, 5.41) is 0. The molecule has 1 atom stereocenters. The minimum absolute atomic E-state index is 0.0571. The molecule has 0 saturated carbocycles. The molecule has 0 bridgehead atoms. The van der Waals surface area contributed by atoms with Crippen LogP contribution in [0.2, 0.25) is 0 Å². The zero-order valence-corrected chi connectivity index (χ0v) is 12.0. The van der Waals surface area contributed by atoms with Gasteiger partial charge in [0, 0.05) is 25.1 Å². The molecule has 2 rings (SSSR count). The highest BCUT2D eigenvalue weighted by Crippen LogP contribution is 2.19. The molecule has 1 amide bonds. The maximum Gasteiger partial charge on any atom is 0.318 e. The highest BCUT2D eigenvalue weighted by atomic mass is 16.5. The van der Waals surface area contributed by atoms with E-state index in [9.17, 15) is 14.4 Å². The van der Waals surface area contributed by atoms with Crippen molar-refractivity contribution in [1.82, 2.24) is 4.90 Å². The van der Waals surface area contributed by atoms with Crippen LogP contribution in [0, 0.1) is 5.92 Å². The van der Waals surface area contributed by atoms with E-state index in [1.807, 2.05) is 0 Å². The molecule has 0 aromatic heterocycles. The monoisotopic (exact) mass is 291 g/mol. The van der Waals surface area contributed by atoms with Crippen LogP contribution in [0.15, 0.2) is 24.3 Å². The first kappa shape index (κ1) is 15.0. The second kappa shape index (κ2) is 6.39. The van der Waals surface area contributed by atoms with Crippen LogP contribution >= 0.6 is 0 Å². The van der Waals surface area contributed by atoms with E-state index in [0.29, 0.717) is 17.9 Å².